The molecule has 2 heterocycles. The molecule has 2 N–H and O–H groups in total. The first-order valence-corrected chi connectivity index (χ1v) is 17.8. The molecule has 5 atom stereocenters. The summed E-state index contributed by atoms with van der Waals surface area (Å²) >= 11 is 0. The number of benzene rings is 3. The molecule has 1 saturated heterocycles. The molecule has 236 valence electrons. The van der Waals surface area contributed by atoms with Gasteiger partial charge in [0.2, 0.25) is 5.75 Å². The lowest BCUT2D eigenvalue weighted by atomic mass is 9.86. The fourth-order valence-corrected chi connectivity index (χ4v) is 6.14. The van der Waals surface area contributed by atoms with Crippen LogP contribution >= 0.6 is 0 Å². The number of ether oxygens (including phenoxy) is 5. The lowest BCUT2D eigenvalue weighted by Crippen LogP contribution is -2.59. The summed E-state index contributed by atoms with van der Waals surface area (Å²) in [5.74, 6) is 0.130. The Morgan fingerprint density at radius 1 is 0.864 bits per heavy atom. The van der Waals surface area contributed by atoms with E-state index in [1.165, 1.54) is 7.11 Å². The summed E-state index contributed by atoms with van der Waals surface area (Å²) in [7, 11) is -0.705. The van der Waals surface area contributed by atoms with Gasteiger partial charge in [0, 0.05) is 5.56 Å². The van der Waals surface area contributed by atoms with E-state index in [2.05, 4.69) is 33.9 Å². The molecule has 9 nitrogen and oxygen atoms in total. The Morgan fingerprint density at radius 3 is 2.02 bits per heavy atom. The second-order valence-corrected chi connectivity index (χ2v) is 17.6. The van der Waals surface area contributed by atoms with Crippen LogP contribution in [0.2, 0.25) is 18.1 Å². The van der Waals surface area contributed by atoms with Crippen LogP contribution in [0.15, 0.2) is 66.7 Å². The van der Waals surface area contributed by atoms with Gasteiger partial charge in [0.25, 0.3) is 0 Å². The Labute approximate surface area is 259 Å². The van der Waals surface area contributed by atoms with Crippen molar-refractivity contribution in [3.63, 3.8) is 0 Å². The van der Waals surface area contributed by atoms with E-state index in [0.717, 1.165) is 11.1 Å². The van der Waals surface area contributed by atoms with Gasteiger partial charge in [-0.15, -0.1) is 0 Å². The average molecular weight is 623 g/mol. The zero-order chi connectivity index (χ0) is 31.6. The molecule has 0 saturated carbocycles. The monoisotopic (exact) mass is 622 g/mol. The van der Waals surface area contributed by atoms with Gasteiger partial charge in [0.15, 0.2) is 25.9 Å². The van der Waals surface area contributed by atoms with Gasteiger partial charge in [-0.2, -0.15) is 0 Å². The van der Waals surface area contributed by atoms with Crippen molar-refractivity contribution in [1.29, 1.82) is 0 Å². The topological polar surface area (TPSA) is 113 Å². The van der Waals surface area contributed by atoms with Gasteiger partial charge in [0.05, 0.1) is 19.3 Å². The van der Waals surface area contributed by atoms with E-state index in [1.807, 2.05) is 60.7 Å². The molecule has 5 rings (SSSR count). The smallest absolute Gasteiger partial charge is 0.339 e. The number of esters is 1. The predicted octanol–water partition coefficient (Wildman–Crippen LogP) is 5.58. The summed E-state index contributed by atoms with van der Waals surface area (Å²) in [6.07, 6.45) is -5.77. The van der Waals surface area contributed by atoms with Gasteiger partial charge in [0.1, 0.15) is 37.6 Å². The normalized spacial score (nSPS) is 23.3. The maximum absolute atomic E-state index is 13.5. The summed E-state index contributed by atoms with van der Waals surface area (Å²) < 4.78 is 36.9. The Balaban J connectivity index is 1.54. The quantitative estimate of drug-likeness (QED) is 0.221. The van der Waals surface area contributed by atoms with Crippen LogP contribution in [0.5, 0.6) is 17.2 Å². The summed E-state index contributed by atoms with van der Waals surface area (Å²) in [6.45, 7) is 11.0. The number of carbonyl (C=O) groups is 1. The second-order valence-electron chi connectivity index (χ2n) is 12.8. The van der Waals surface area contributed by atoms with Crippen LogP contribution in [-0.2, 0) is 27.1 Å². The molecule has 3 aromatic carbocycles. The highest BCUT2D eigenvalue weighted by molar-refractivity contribution is 6.74. The highest BCUT2D eigenvalue weighted by Gasteiger charge is 2.53. The molecule has 0 radical (unpaired) electrons. The third-order valence-electron chi connectivity index (χ3n) is 8.76. The number of fused-ring (bicyclic) bond motifs is 3. The minimum Gasteiger partial charge on any atom is -0.490 e. The van der Waals surface area contributed by atoms with Crippen molar-refractivity contribution in [3.8, 4) is 17.2 Å². The van der Waals surface area contributed by atoms with Crippen LogP contribution < -0.4 is 14.2 Å². The Hall–Kier alpha value is -3.41. The van der Waals surface area contributed by atoms with Crippen LogP contribution in [0.1, 0.15) is 53.9 Å². The number of rotatable bonds is 10. The molecule has 0 spiro atoms. The number of hydrogen-bond acceptors (Lipinski definition) is 9. The molecule has 3 aromatic rings. The molecule has 44 heavy (non-hydrogen) atoms. The third kappa shape index (κ3) is 6.50. The summed E-state index contributed by atoms with van der Waals surface area (Å²) in [5.41, 5.74) is 2.37. The van der Waals surface area contributed by atoms with Crippen LogP contribution in [0.3, 0.4) is 0 Å². The fourth-order valence-electron chi connectivity index (χ4n) is 5.13. The van der Waals surface area contributed by atoms with E-state index < -0.39 is 44.8 Å². The minimum atomic E-state index is -2.21. The lowest BCUT2D eigenvalue weighted by molar-refractivity contribution is -0.234. The lowest BCUT2D eigenvalue weighted by Gasteiger charge is -2.46. The van der Waals surface area contributed by atoms with E-state index in [4.69, 9.17) is 28.1 Å². The third-order valence-corrected chi connectivity index (χ3v) is 13.3. The molecule has 0 aliphatic carbocycles. The van der Waals surface area contributed by atoms with Gasteiger partial charge in [-0.3, -0.25) is 0 Å². The first kappa shape index (κ1) is 32.0. The fraction of sp³-hybridized carbons (Fsp3) is 0.441. The summed E-state index contributed by atoms with van der Waals surface area (Å²) in [5, 5.41) is 22.2. The number of aliphatic hydroxyl groups excluding tert-OH is 2. The average Bonchev–Trinajstić information content (AvgIpc) is 3.00. The van der Waals surface area contributed by atoms with Crippen molar-refractivity contribution in [2.45, 2.75) is 82.6 Å². The van der Waals surface area contributed by atoms with E-state index >= 15 is 0 Å². The predicted molar refractivity (Wildman–Crippen MR) is 167 cm³/mol. The van der Waals surface area contributed by atoms with E-state index in [-0.39, 0.29) is 41.9 Å². The molecule has 2 aliphatic rings. The van der Waals surface area contributed by atoms with Crippen molar-refractivity contribution in [2.75, 3.05) is 13.7 Å². The maximum Gasteiger partial charge on any atom is 0.339 e. The molecule has 1 fully saturated rings. The second kappa shape index (κ2) is 12.9. The Kier molecular flexibility index (Phi) is 9.38. The molecule has 0 bridgehead atoms. The van der Waals surface area contributed by atoms with Crippen LogP contribution in [-0.4, -0.2) is 62.6 Å². The number of hydrogen-bond donors (Lipinski definition) is 2. The van der Waals surface area contributed by atoms with Crippen molar-refractivity contribution in [2.24, 2.45) is 0 Å². The summed E-state index contributed by atoms with van der Waals surface area (Å²) in [4.78, 5) is 13.5. The summed E-state index contributed by atoms with van der Waals surface area (Å²) in [6, 6.07) is 20.8. The van der Waals surface area contributed by atoms with E-state index in [9.17, 15) is 15.0 Å². The van der Waals surface area contributed by atoms with Crippen molar-refractivity contribution in [3.05, 3.63) is 89.0 Å². The van der Waals surface area contributed by atoms with E-state index in [0.29, 0.717) is 11.3 Å². The minimum absolute atomic E-state index is 0.0663. The van der Waals surface area contributed by atoms with Crippen molar-refractivity contribution >= 4 is 14.3 Å². The number of aliphatic hydroxyl groups is 2. The molecule has 10 heteroatoms. The molecule has 0 amide bonds. The van der Waals surface area contributed by atoms with Crippen molar-refractivity contribution < 1.29 is 43.1 Å². The largest absolute Gasteiger partial charge is 0.490 e. The molecular formula is C34H42O9Si. The van der Waals surface area contributed by atoms with Gasteiger partial charge in [-0.25, -0.2) is 4.79 Å². The van der Waals surface area contributed by atoms with Crippen LogP contribution in [0, 0.1) is 0 Å². The van der Waals surface area contributed by atoms with Gasteiger partial charge < -0.3 is 38.3 Å². The van der Waals surface area contributed by atoms with Gasteiger partial charge in [-0.05, 0) is 35.3 Å². The first-order valence-electron chi connectivity index (χ1n) is 14.9. The molecule has 0 unspecified atom stereocenters. The van der Waals surface area contributed by atoms with Gasteiger partial charge in [-0.1, -0.05) is 81.4 Å². The van der Waals surface area contributed by atoms with Crippen LogP contribution in [0.25, 0.3) is 0 Å². The first-order chi connectivity index (χ1) is 20.9. The zero-order valence-electron chi connectivity index (χ0n) is 26.1. The standard InChI is InChI=1S/C34H42O9Si/c1-34(2,3)44(5,6)41-20-25-27(35)28(36)32-31(42-25)26-23(33(37)43-32)17-24(39-18-21-13-9-7-10-14-21)29(38-4)30(26)40-19-22-15-11-8-12-16-22/h7-17,25,27-28,31-32,35-36H,18-20H2,1-6H3/t25-,27-,28+,31+,32-/m1/s1. The SMILES string of the molecule is COc1c(OCc2ccccc2)cc2c(c1OCc1ccccc1)[C@@H]1O[C@H](CO[Si](C)(C)C(C)(C)C)[C@@H](O)[C@H](O)[C@H]1OC2=O. The number of carbonyl (C=O) groups excluding carboxylic acids is 1. The molecule has 0 aromatic heterocycles. The van der Waals surface area contributed by atoms with Crippen molar-refractivity contribution in [1.82, 2.24) is 0 Å². The maximum atomic E-state index is 13.5. The Bertz CT molecular complexity index is 1440. The molecular weight excluding hydrogens is 580 g/mol. The Morgan fingerprint density at radius 2 is 1.45 bits per heavy atom. The molecule has 2 aliphatic heterocycles. The number of methoxy groups -OCH3 is 1. The van der Waals surface area contributed by atoms with E-state index in [1.54, 1.807) is 6.07 Å². The van der Waals surface area contributed by atoms with Crippen LogP contribution in [0.4, 0.5) is 0 Å². The highest BCUT2D eigenvalue weighted by atomic mass is 28.4. The van der Waals surface area contributed by atoms with Gasteiger partial charge >= 0.3 is 5.97 Å². The zero-order valence-corrected chi connectivity index (χ0v) is 27.1. The highest BCUT2D eigenvalue weighted by Crippen LogP contribution is 2.51.